The molecular weight excluding hydrogens is 296 g/mol. The van der Waals surface area contributed by atoms with E-state index in [1.165, 1.54) is 33.3 Å². The van der Waals surface area contributed by atoms with Crippen LogP contribution in [0.4, 0.5) is 5.69 Å². The number of nitro benzene ring substituents is 1. The second kappa shape index (κ2) is 6.85. The molecule has 0 spiro atoms. The highest BCUT2D eigenvalue weighted by Crippen LogP contribution is 2.27. The minimum Gasteiger partial charge on any atom is -0.490 e. The average Bonchev–Trinajstić information content (AvgIpc) is 2.46. The predicted molar refractivity (Wildman–Crippen MR) is 75.0 cm³/mol. The Morgan fingerprint density at radius 3 is 2.50 bits per heavy atom. The minimum absolute atomic E-state index is 0.0334. The number of aliphatic carboxylic acids is 1. The van der Waals surface area contributed by atoms with Crippen LogP contribution in [-0.4, -0.2) is 48.3 Å². The Morgan fingerprint density at radius 2 is 2.05 bits per heavy atom. The van der Waals surface area contributed by atoms with Crippen LogP contribution in [-0.2, 0) is 9.53 Å². The zero-order valence-electron chi connectivity index (χ0n) is 12.3. The van der Waals surface area contributed by atoms with Crippen molar-refractivity contribution in [2.75, 3.05) is 20.8 Å². The van der Waals surface area contributed by atoms with E-state index in [9.17, 15) is 19.7 Å². The highest BCUT2D eigenvalue weighted by Gasteiger charge is 2.35. The molecule has 9 heteroatoms. The summed E-state index contributed by atoms with van der Waals surface area (Å²) in [6.07, 6.45) is 0. The van der Waals surface area contributed by atoms with Crippen LogP contribution in [0.15, 0.2) is 18.2 Å². The summed E-state index contributed by atoms with van der Waals surface area (Å²) >= 11 is 0. The van der Waals surface area contributed by atoms with Gasteiger partial charge in [0.15, 0.2) is 11.3 Å². The minimum atomic E-state index is -1.62. The van der Waals surface area contributed by atoms with Gasteiger partial charge in [0.05, 0.1) is 18.6 Å². The first kappa shape index (κ1) is 17.4. The molecular formula is C13H16N2O7. The number of nitro groups is 1. The number of nitrogens with one attached hydrogen (secondary N) is 1. The second-order valence-corrected chi connectivity index (χ2v) is 4.67. The maximum Gasteiger partial charge on any atom is 0.331 e. The topological polar surface area (TPSA) is 128 Å². The fourth-order valence-corrected chi connectivity index (χ4v) is 1.73. The summed E-state index contributed by atoms with van der Waals surface area (Å²) in [6, 6.07) is 3.50. The van der Waals surface area contributed by atoms with Crippen molar-refractivity contribution < 1.29 is 29.1 Å². The quantitative estimate of drug-likeness (QED) is 0.563. The summed E-state index contributed by atoms with van der Waals surface area (Å²) < 4.78 is 9.65. The molecule has 120 valence electrons. The number of ether oxygens (including phenoxy) is 2. The zero-order valence-corrected chi connectivity index (χ0v) is 12.3. The van der Waals surface area contributed by atoms with E-state index in [0.29, 0.717) is 0 Å². The number of methoxy groups -OCH3 is 2. The number of rotatable bonds is 7. The third kappa shape index (κ3) is 3.70. The Morgan fingerprint density at radius 1 is 1.41 bits per heavy atom. The van der Waals surface area contributed by atoms with Crippen molar-refractivity contribution in [3.63, 3.8) is 0 Å². The number of hydrogen-bond acceptors (Lipinski definition) is 6. The number of benzene rings is 1. The van der Waals surface area contributed by atoms with E-state index in [4.69, 9.17) is 14.6 Å². The predicted octanol–water partition coefficient (Wildman–Crippen LogP) is 0.823. The average molecular weight is 312 g/mol. The number of nitrogens with zero attached hydrogens (tertiary/aromatic N) is 1. The molecule has 1 aromatic carbocycles. The van der Waals surface area contributed by atoms with Gasteiger partial charge in [0.25, 0.3) is 5.91 Å². The number of amides is 1. The van der Waals surface area contributed by atoms with Gasteiger partial charge in [0.1, 0.15) is 0 Å². The lowest BCUT2D eigenvalue weighted by atomic mass is 10.0. The highest BCUT2D eigenvalue weighted by molar-refractivity contribution is 5.98. The molecule has 0 radical (unpaired) electrons. The standard InChI is InChI=1S/C13H16N2O7/c1-13(7-21-2,12(17)18)14-11(16)8-4-5-9(15(19)20)10(6-8)22-3/h4-6H,7H2,1-3H3,(H,14,16)(H,17,18). The molecule has 0 fully saturated rings. The molecule has 0 bridgehead atoms. The molecule has 1 rings (SSSR count). The van der Waals surface area contributed by atoms with Crippen molar-refractivity contribution in [2.45, 2.75) is 12.5 Å². The van der Waals surface area contributed by atoms with Crippen molar-refractivity contribution in [3.8, 4) is 5.75 Å². The lowest BCUT2D eigenvalue weighted by Gasteiger charge is -2.25. The molecule has 22 heavy (non-hydrogen) atoms. The van der Waals surface area contributed by atoms with E-state index >= 15 is 0 Å². The molecule has 0 saturated carbocycles. The number of carbonyl (C=O) groups excluding carboxylic acids is 1. The fourth-order valence-electron chi connectivity index (χ4n) is 1.73. The lowest BCUT2D eigenvalue weighted by molar-refractivity contribution is -0.385. The van der Waals surface area contributed by atoms with Gasteiger partial charge in [-0.05, 0) is 13.0 Å². The van der Waals surface area contributed by atoms with E-state index in [0.717, 1.165) is 6.07 Å². The van der Waals surface area contributed by atoms with Crippen LogP contribution in [0.25, 0.3) is 0 Å². The van der Waals surface area contributed by atoms with E-state index < -0.39 is 22.3 Å². The van der Waals surface area contributed by atoms with Gasteiger partial charge in [-0.15, -0.1) is 0 Å². The van der Waals surface area contributed by atoms with Gasteiger partial charge >= 0.3 is 11.7 Å². The largest absolute Gasteiger partial charge is 0.490 e. The monoisotopic (exact) mass is 312 g/mol. The highest BCUT2D eigenvalue weighted by atomic mass is 16.6. The van der Waals surface area contributed by atoms with Crippen LogP contribution >= 0.6 is 0 Å². The van der Waals surface area contributed by atoms with Crippen molar-refractivity contribution in [2.24, 2.45) is 0 Å². The summed E-state index contributed by atoms with van der Waals surface area (Å²) in [5.74, 6) is -2.08. The summed E-state index contributed by atoms with van der Waals surface area (Å²) in [5.41, 5.74) is -1.89. The first-order valence-electron chi connectivity index (χ1n) is 6.12. The number of carboxylic acids is 1. The summed E-state index contributed by atoms with van der Waals surface area (Å²) in [4.78, 5) is 33.5. The molecule has 0 saturated heterocycles. The van der Waals surface area contributed by atoms with Gasteiger partial charge in [0.2, 0.25) is 0 Å². The molecule has 0 aliphatic carbocycles. The van der Waals surface area contributed by atoms with Gasteiger partial charge in [0, 0.05) is 24.8 Å². The number of carboxylic acid groups (broad SMARTS) is 1. The third-order valence-electron chi connectivity index (χ3n) is 2.93. The van der Waals surface area contributed by atoms with Crippen LogP contribution in [0.2, 0.25) is 0 Å². The van der Waals surface area contributed by atoms with Gasteiger partial charge in [-0.1, -0.05) is 0 Å². The molecule has 1 atom stereocenters. The Bertz CT molecular complexity index is 602. The molecule has 0 heterocycles. The Hall–Kier alpha value is -2.68. The molecule has 0 aliphatic heterocycles. The normalized spacial score (nSPS) is 13.0. The van der Waals surface area contributed by atoms with Crippen LogP contribution in [0.5, 0.6) is 5.75 Å². The molecule has 2 N–H and O–H groups in total. The molecule has 1 unspecified atom stereocenters. The maximum absolute atomic E-state index is 12.1. The van der Waals surface area contributed by atoms with Gasteiger partial charge in [-0.3, -0.25) is 14.9 Å². The fraction of sp³-hybridized carbons (Fsp3) is 0.385. The Kier molecular flexibility index (Phi) is 5.41. The number of carbonyl (C=O) groups is 2. The summed E-state index contributed by atoms with van der Waals surface area (Å²) in [5, 5.41) is 22.3. The first-order valence-corrected chi connectivity index (χ1v) is 6.12. The second-order valence-electron chi connectivity index (χ2n) is 4.67. The van der Waals surface area contributed by atoms with Crippen molar-refractivity contribution in [3.05, 3.63) is 33.9 Å². The Balaban J connectivity index is 3.08. The van der Waals surface area contributed by atoms with Crippen LogP contribution in [0, 0.1) is 10.1 Å². The van der Waals surface area contributed by atoms with Crippen molar-refractivity contribution in [1.82, 2.24) is 5.32 Å². The van der Waals surface area contributed by atoms with Gasteiger partial charge < -0.3 is 19.9 Å². The Labute approximate surface area is 126 Å². The van der Waals surface area contributed by atoms with E-state index in [2.05, 4.69) is 5.32 Å². The lowest BCUT2D eigenvalue weighted by Crippen LogP contribution is -2.55. The molecule has 9 nitrogen and oxygen atoms in total. The smallest absolute Gasteiger partial charge is 0.331 e. The SMILES string of the molecule is COCC(C)(NC(=O)c1ccc([N+](=O)[O-])c(OC)c1)C(=O)O. The molecule has 1 aromatic rings. The summed E-state index contributed by atoms with van der Waals surface area (Å²) in [6.45, 7) is 1.05. The van der Waals surface area contributed by atoms with Crippen LogP contribution < -0.4 is 10.1 Å². The van der Waals surface area contributed by atoms with E-state index in [1.54, 1.807) is 0 Å². The third-order valence-corrected chi connectivity index (χ3v) is 2.93. The van der Waals surface area contributed by atoms with E-state index in [1.807, 2.05) is 0 Å². The molecule has 0 aromatic heterocycles. The van der Waals surface area contributed by atoms with Gasteiger partial charge in [-0.25, -0.2) is 4.79 Å². The van der Waals surface area contributed by atoms with E-state index in [-0.39, 0.29) is 23.6 Å². The van der Waals surface area contributed by atoms with Crippen LogP contribution in [0.1, 0.15) is 17.3 Å². The van der Waals surface area contributed by atoms with Crippen molar-refractivity contribution >= 4 is 17.6 Å². The van der Waals surface area contributed by atoms with Gasteiger partial charge in [-0.2, -0.15) is 0 Å². The molecule has 1 amide bonds. The maximum atomic E-state index is 12.1. The summed E-state index contributed by atoms with van der Waals surface area (Å²) in [7, 11) is 2.54. The van der Waals surface area contributed by atoms with Crippen molar-refractivity contribution in [1.29, 1.82) is 0 Å². The first-order chi connectivity index (χ1) is 10.2. The molecule has 0 aliphatic rings. The zero-order chi connectivity index (χ0) is 16.9. The van der Waals surface area contributed by atoms with Crippen LogP contribution in [0.3, 0.4) is 0 Å². The number of hydrogen-bond donors (Lipinski definition) is 2.